The van der Waals surface area contributed by atoms with Crippen molar-refractivity contribution in [1.29, 1.82) is 0 Å². The van der Waals surface area contributed by atoms with Gasteiger partial charge < -0.3 is 50.8 Å². The van der Waals surface area contributed by atoms with Crippen molar-refractivity contribution in [2.75, 3.05) is 73.1 Å². The van der Waals surface area contributed by atoms with E-state index in [1.165, 1.54) is 6.92 Å². The van der Waals surface area contributed by atoms with Gasteiger partial charge in [0.1, 0.15) is 12.1 Å². The zero-order valence-electron chi connectivity index (χ0n) is 36.5. The zero-order valence-corrected chi connectivity index (χ0v) is 41.3. The van der Waals surface area contributed by atoms with E-state index in [1.54, 1.807) is 88.4 Å². The molecule has 0 aromatic heterocycles. The number of primary amides is 2. The Morgan fingerprint density at radius 1 is 0.594 bits per heavy atom. The largest absolute Gasteiger partial charge is 0.384 e. The first kappa shape index (κ1) is 54.5. The van der Waals surface area contributed by atoms with Gasteiger partial charge in [-0.15, -0.1) is 0 Å². The molecule has 350 valence electrons. The van der Waals surface area contributed by atoms with Gasteiger partial charge in [-0.25, -0.2) is 0 Å². The number of nitrogens with two attached hydrogens (primary N) is 2. The Morgan fingerprint density at radius 3 is 1.38 bits per heavy atom. The van der Waals surface area contributed by atoms with Crippen LogP contribution >= 0.6 is 61.6 Å². The maximum Gasteiger partial charge on any atom is 0.332 e. The predicted molar refractivity (Wildman–Crippen MR) is 260 cm³/mol. The van der Waals surface area contributed by atoms with Crippen LogP contribution in [0.15, 0.2) is 72.8 Å². The highest BCUT2D eigenvalue weighted by Gasteiger charge is 2.27. The summed E-state index contributed by atoms with van der Waals surface area (Å²) in [6.07, 6.45) is 0.392. The average molecular weight is 1000 g/mol. The van der Waals surface area contributed by atoms with Gasteiger partial charge in [-0.1, -0.05) is 58.5 Å². The zero-order chi connectivity index (χ0) is 47.6. The molecule has 0 aliphatic rings. The predicted octanol–water partition coefficient (Wildman–Crippen LogP) is 11.1. The molecule has 0 bridgehead atoms. The monoisotopic (exact) mass is 1000 g/mol. The lowest BCUT2D eigenvalue weighted by Crippen LogP contribution is -2.28. The molecule has 0 aliphatic heterocycles. The van der Waals surface area contributed by atoms with E-state index in [0.717, 1.165) is 11.3 Å². The van der Waals surface area contributed by atoms with Crippen molar-refractivity contribution in [2.24, 2.45) is 11.5 Å². The molecule has 4 aromatic rings. The Balaban J connectivity index is 0.000000343. The fourth-order valence-electron chi connectivity index (χ4n) is 6.24. The Bertz CT molecular complexity index is 2250. The molecule has 4 aromatic carbocycles. The Morgan fingerprint density at radius 2 is 0.984 bits per heavy atom. The van der Waals surface area contributed by atoms with Crippen LogP contribution in [0.2, 0.25) is 20.1 Å². The number of carbonyl (C=O) groups excluding carboxylic acids is 3. The van der Waals surface area contributed by atoms with Gasteiger partial charge >= 0.3 is 15.2 Å². The molecule has 15 nitrogen and oxygen atoms in total. The first-order valence-corrected chi connectivity index (χ1v) is 25.3. The van der Waals surface area contributed by atoms with Crippen molar-refractivity contribution in [2.45, 2.75) is 53.6 Å². The fourth-order valence-corrected chi connectivity index (χ4v) is 10.5. The molecule has 2 atom stereocenters. The topological polar surface area (TPSA) is 222 Å². The van der Waals surface area contributed by atoms with Gasteiger partial charge in [-0.05, 0) is 108 Å². The summed E-state index contributed by atoms with van der Waals surface area (Å²) in [6.45, 7) is 12.2. The Kier molecular flexibility index (Phi) is 22.4. The fraction of sp³-hybridized carbons (Fsp3) is 0.372. The summed E-state index contributed by atoms with van der Waals surface area (Å²) < 4.78 is 46.3. The summed E-state index contributed by atoms with van der Waals surface area (Å²) >= 11 is 25.0. The van der Waals surface area contributed by atoms with Crippen molar-refractivity contribution in [3.63, 3.8) is 0 Å². The first-order chi connectivity index (χ1) is 30.3. The van der Waals surface area contributed by atoms with Crippen LogP contribution in [-0.4, -0.2) is 69.4 Å². The molecule has 2 amide bonds. The van der Waals surface area contributed by atoms with Gasteiger partial charge in [0.15, 0.2) is 5.78 Å². The van der Waals surface area contributed by atoms with E-state index in [9.17, 15) is 23.5 Å². The number of benzene rings is 4. The maximum atomic E-state index is 12.7. The number of Topliss-reactive ketones (excluding diaryl/α,β-unsaturated/α-hetero) is 1. The van der Waals surface area contributed by atoms with E-state index >= 15 is 0 Å². The molecule has 0 heterocycles. The number of nitrogens with one attached hydrogen (secondary N) is 4. The Labute approximate surface area is 394 Å². The molecule has 0 fully saturated rings. The lowest BCUT2D eigenvalue weighted by molar-refractivity contribution is -0.119. The smallest absolute Gasteiger partial charge is 0.332 e. The highest BCUT2D eigenvalue weighted by atomic mass is 35.5. The molecule has 8 N–H and O–H groups in total. The van der Waals surface area contributed by atoms with Crippen molar-refractivity contribution in [3.05, 3.63) is 115 Å². The Hall–Kier alpha value is -3.85. The van der Waals surface area contributed by atoms with Crippen LogP contribution in [0.1, 0.15) is 73.8 Å². The number of hydrogen-bond acceptors (Lipinski definition) is 13. The van der Waals surface area contributed by atoms with E-state index in [1.807, 2.05) is 19.1 Å². The molecule has 4 rings (SSSR count). The molecule has 0 radical (unpaired) electrons. The van der Waals surface area contributed by atoms with Gasteiger partial charge in [0.2, 0.25) is 11.8 Å². The van der Waals surface area contributed by atoms with E-state index in [0.29, 0.717) is 73.6 Å². The number of ketones is 1. The minimum absolute atomic E-state index is 0.139. The highest BCUT2D eigenvalue weighted by molar-refractivity contribution is 7.54. The van der Waals surface area contributed by atoms with E-state index in [4.69, 9.17) is 76.0 Å². The molecular formula is C43H56Cl4N6O9P2. The van der Waals surface area contributed by atoms with Crippen LogP contribution < -0.4 is 32.7 Å². The second-order valence-electron chi connectivity index (χ2n) is 13.8. The van der Waals surface area contributed by atoms with Crippen LogP contribution in [0.3, 0.4) is 0 Å². The molecule has 0 spiro atoms. The number of amides is 2. The van der Waals surface area contributed by atoms with Crippen molar-refractivity contribution in [3.8, 4) is 0 Å². The number of hydrogen-bond donors (Lipinski definition) is 6. The summed E-state index contributed by atoms with van der Waals surface area (Å²) in [4.78, 5) is 36.6. The normalized spacial score (nSPS) is 12.3. The van der Waals surface area contributed by atoms with Gasteiger partial charge in [-0.2, -0.15) is 0 Å². The van der Waals surface area contributed by atoms with Crippen LogP contribution in [-0.2, 0) is 36.8 Å². The van der Waals surface area contributed by atoms with Gasteiger partial charge in [-0.3, -0.25) is 23.5 Å². The second-order valence-corrected chi connectivity index (χ2v) is 19.8. The van der Waals surface area contributed by atoms with Crippen molar-refractivity contribution >= 4 is 102 Å². The molecule has 64 heavy (non-hydrogen) atoms. The first-order valence-electron chi connectivity index (χ1n) is 20.3. The summed E-state index contributed by atoms with van der Waals surface area (Å²) in [5, 5.41) is 13.7. The van der Waals surface area contributed by atoms with Crippen LogP contribution in [0.5, 0.6) is 0 Å². The molecule has 0 saturated heterocycles. The average Bonchev–Trinajstić information content (AvgIpc) is 3.21. The minimum atomic E-state index is -3.23. The van der Waals surface area contributed by atoms with E-state index < -0.39 is 39.1 Å². The third-order valence-electron chi connectivity index (χ3n) is 9.10. The highest BCUT2D eigenvalue weighted by Crippen LogP contribution is 2.48. The van der Waals surface area contributed by atoms with Crippen LogP contribution in [0, 0.1) is 6.92 Å². The van der Waals surface area contributed by atoms with E-state index in [2.05, 4.69) is 21.3 Å². The summed E-state index contributed by atoms with van der Waals surface area (Å²) in [5.74, 6) is -1.48. The van der Waals surface area contributed by atoms with Gasteiger partial charge in [0.25, 0.3) is 0 Å². The second kappa shape index (κ2) is 26.3. The lowest BCUT2D eigenvalue weighted by atomic mass is 10.0. The maximum absolute atomic E-state index is 12.7. The number of carbonyl (C=O) groups is 3. The third kappa shape index (κ3) is 16.2. The van der Waals surface area contributed by atoms with Crippen molar-refractivity contribution in [1.82, 2.24) is 0 Å². The summed E-state index contributed by atoms with van der Waals surface area (Å²) in [6, 6.07) is 18.6. The molecule has 0 saturated carbocycles. The number of anilines is 4. The van der Waals surface area contributed by atoms with Crippen LogP contribution in [0.4, 0.5) is 22.7 Å². The summed E-state index contributed by atoms with van der Waals surface area (Å²) in [5.41, 5.74) is 15.6. The third-order valence-corrected chi connectivity index (χ3v) is 14.6. The molecular weight excluding hydrogens is 948 g/mol. The SMILES string of the molecule is CCOP(=O)(CCNc1cc(C)c(NC(C(N)=O)c2c(Cl)cccc2Cl)cc1C(C)=O)OCC.CCOP(=O)(CCNc1ccc(NC(C(N)=O)c2c(Cl)cccc2Cl)cc1)OCC. The molecule has 21 heteroatoms. The van der Waals surface area contributed by atoms with E-state index in [-0.39, 0.29) is 37.9 Å². The van der Waals surface area contributed by atoms with Crippen molar-refractivity contribution < 1.29 is 41.6 Å². The standard InChI is InChI=1S/C23H30Cl2N3O5P.C20H26Cl2N3O4P/c1-5-32-34(31,33-6-2)11-10-27-20-12-14(3)19(13-16(20)15(4)29)28-22(23(26)30)21-17(24)8-7-9-18(21)25;1-3-28-30(27,29-4-2)13-12-24-14-8-10-15(11-9-14)25-19(20(23)26)18-16(21)6-5-7-17(18)22/h7-9,12-13,22,27-28H,5-6,10-11H2,1-4H3,(H2,26,30);5-11,19,24-25H,3-4,12-13H2,1-2H3,(H2,23,26). The molecule has 0 aliphatic carbocycles. The minimum Gasteiger partial charge on any atom is -0.384 e. The van der Waals surface area contributed by atoms with Gasteiger partial charge in [0, 0.05) is 72.6 Å². The van der Waals surface area contributed by atoms with Gasteiger partial charge in [0.05, 0.1) is 38.8 Å². The molecule has 2 unspecified atom stereocenters. The quantitative estimate of drug-likeness (QED) is 0.0269. The number of rotatable bonds is 25. The number of halogens is 4. The number of aryl methyl sites for hydroxylation is 1. The van der Waals surface area contributed by atoms with Crippen LogP contribution in [0.25, 0.3) is 0 Å². The summed E-state index contributed by atoms with van der Waals surface area (Å²) in [7, 11) is -6.32. The lowest BCUT2D eigenvalue weighted by Gasteiger charge is -2.23.